The monoisotopic (exact) mass is 365 g/mol. The van der Waals surface area contributed by atoms with E-state index >= 15 is 0 Å². The molecule has 3 N–H and O–H groups in total. The van der Waals surface area contributed by atoms with Crippen LogP contribution in [0.1, 0.15) is 25.3 Å². The average Bonchev–Trinajstić information content (AvgIpc) is 2.68. The summed E-state index contributed by atoms with van der Waals surface area (Å²) in [5, 5.41) is 4.51. The molecular formula is C22H27N3O2. The molecular weight excluding hydrogens is 338 g/mol. The molecule has 0 aliphatic rings. The van der Waals surface area contributed by atoms with Gasteiger partial charge < -0.3 is 20.5 Å². The molecule has 1 aromatic heterocycles. The van der Waals surface area contributed by atoms with Gasteiger partial charge in [0.25, 0.3) is 0 Å². The molecule has 3 aromatic rings. The number of fused-ring (bicyclic) bond motifs is 1. The van der Waals surface area contributed by atoms with Gasteiger partial charge in [-0.2, -0.15) is 0 Å². The van der Waals surface area contributed by atoms with Gasteiger partial charge in [0.1, 0.15) is 5.75 Å². The number of benzene rings is 2. The first-order valence-corrected chi connectivity index (χ1v) is 9.29. The molecule has 0 amide bonds. The van der Waals surface area contributed by atoms with Crippen LogP contribution in [0, 0.1) is 6.92 Å². The van der Waals surface area contributed by atoms with Crippen molar-refractivity contribution in [2.45, 2.75) is 32.7 Å². The topological polar surface area (TPSA) is 69.4 Å². The average molecular weight is 365 g/mol. The second-order valence-corrected chi connectivity index (χ2v) is 6.70. The van der Waals surface area contributed by atoms with Crippen molar-refractivity contribution in [3.63, 3.8) is 0 Å². The van der Waals surface area contributed by atoms with E-state index < -0.39 is 0 Å². The fourth-order valence-electron chi connectivity index (χ4n) is 3.17. The Hall–Kier alpha value is -2.79. The number of aryl methyl sites for hydroxylation is 1. The number of rotatable bonds is 8. The standard InChI is InChI=1S/C22H27N3O2/c1-15-11-13-24-21-18(25-16(2)8-7-12-23)14-19(26-3)22(20(15)21)27-17-9-5-4-6-10-17/h4-6,9-11,13-14,16,25H,7-8,12,23H2,1-3H3. The van der Waals surface area contributed by atoms with Gasteiger partial charge in [-0.25, -0.2) is 0 Å². The van der Waals surface area contributed by atoms with Crippen molar-refractivity contribution in [2.75, 3.05) is 19.0 Å². The predicted octanol–water partition coefficient (Wildman–Crippen LogP) is 4.88. The van der Waals surface area contributed by atoms with Gasteiger partial charge in [-0.05, 0) is 57.0 Å². The Balaban J connectivity index is 2.09. The van der Waals surface area contributed by atoms with Crippen LogP contribution in [0.4, 0.5) is 5.69 Å². The van der Waals surface area contributed by atoms with Crippen molar-refractivity contribution in [1.82, 2.24) is 4.98 Å². The van der Waals surface area contributed by atoms with E-state index in [1.165, 1.54) is 0 Å². The summed E-state index contributed by atoms with van der Waals surface area (Å²) in [4.78, 5) is 4.63. The number of hydrogen-bond donors (Lipinski definition) is 2. The highest BCUT2D eigenvalue weighted by Gasteiger charge is 2.18. The van der Waals surface area contributed by atoms with E-state index in [9.17, 15) is 0 Å². The molecule has 27 heavy (non-hydrogen) atoms. The molecule has 2 aromatic carbocycles. The van der Waals surface area contributed by atoms with Crippen LogP contribution < -0.4 is 20.5 Å². The molecule has 0 radical (unpaired) electrons. The molecule has 0 aliphatic heterocycles. The van der Waals surface area contributed by atoms with Crippen LogP contribution >= 0.6 is 0 Å². The summed E-state index contributed by atoms with van der Waals surface area (Å²) in [6, 6.07) is 14.0. The van der Waals surface area contributed by atoms with E-state index in [4.69, 9.17) is 15.2 Å². The zero-order chi connectivity index (χ0) is 19.2. The Kier molecular flexibility index (Phi) is 6.14. The minimum Gasteiger partial charge on any atom is -0.493 e. The number of nitrogens with one attached hydrogen (secondary N) is 1. The Morgan fingerprint density at radius 3 is 2.67 bits per heavy atom. The van der Waals surface area contributed by atoms with Gasteiger partial charge >= 0.3 is 0 Å². The van der Waals surface area contributed by atoms with Crippen LogP contribution in [-0.4, -0.2) is 24.7 Å². The summed E-state index contributed by atoms with van der Waals surface area (Å²) in [5.41, 5.74) is 8.54. The second kappa shape index (κ2) is 8.73. The number of nitrogens with two attached hydrogens (primary N) is 1. The molecule has 1 atom stereocenters. The van der Waals surface area contributed by atoms with E-state index in [1.54, 1.807) is 7.11 Å². The van der Waals surface area contributed by atoms with Crippen molar-refractivity contribution < 1.29 is 9.47 Å². The normalized spacial score (nSPS) is 12.0. The van der Waals surface area contributed by atoms with Gasteiger partial charge in [-0.15, -0.1) is 0 Å². The molecule has 0 saturated carbocycles. The van der Waals surface area contributed by atoms with E-state index in [-0.39, 0.29) is 6.04 Å². The van der Waals surface area contributed by atoms with Crippen LogP contribution in [0.2, 0.25) is 0 Å². The Bertz CT molecular complexity index is 897. The number of nitrogens with zero attached hydrogens (tertiary/aromatic N) is 1. The predicted molar refractivity (Wildman–Crippen MR) is 111 cm³/mol. The zero-order valence-corrected chi connectivity index (χ0v) is 16.2. The minimum atomic E-state index is 0.282. The molecule has 0 bridgehead atoms. The highest BCUT2D eigenvalue weighted by Crippen LogP contribution is 2.43. The van der Waals surface area contributed by atoms with Crippen LogP contribution in [0.15, 0.2) is 48.7 Å². The van der Waals surface area contributed by atoms with Crippen LogP contribution in [-0.2, 0) is 0 Å². The highest BCUT2D eigenvalue weighted by molar-refractivity contribution is 5.99. The van der Waals surface area contributed by atoms with Gasteiger partial charge in [-0.1, -0.05) is 18.2 Å². The number of methoxy groups -OCH3 is 1. The van der Waals surface area contributed by atoms with Crippen molar-refractivity contribution in [3.8, 4) is 17.2 Å². The van der Waals surface area contributed by atoms with Crippen LogP contribution in [0.3, 0.4) is 0 Å². The van der Waals surface area contributed by atoms with Gasteiger partial charge in [0.15, 0.2) is 11.5 Å². The molecule has 1 unspecified atom stereocenters. The summed E-state index contributed by atoms with van der Waals surface area (Å²) in [6.45, 7) is 4.90. The third-order valence-corrected chi connectivity index (χ3v) is 4.57. The molecule has 5 nitrogen and oxygen atoms in total. The second-order valence-electron chi connectivity index (χ2n) is 6.70. The smallest absolute Gasteiger partial charge is 0.179 e. The lowest BCUT2D eigenvalue weighted by atomic mass is 10.1. The Morgan fingerprint density at radius 1 is 1.19 bits per heavy atom. The molecule has 5 heteroatoms. The van der Waals surface area contributed by atoms with Crippen molar-refractivity contribution in [1.29, 1.82) is 0 Å². The maximum absolute atomic E-state index is 6.21. The molecule has 0 aliphatic carbocycles. The fraction of sp³-hybridized carbons (Fsp3) is 0.318. The Morgan fingerprint density at radius 2 is 1.96 bits per heavy atom. The summed E-state index contributed by atoms with van der Waals surface area (Å²) in [6.07, 6.45) is 3.80. The van der Waals surface area contributed by atoms with Crippen molar-refractivity contribution in [3.05, 3.63) is 54.2 Å². The van der Waals surface area contributed by atoms with E-state index in [0.717, 1.165) is 40.7 Å². The number of hydrogen-bond acceptors (Lipinski definition) is 5. The van der Waals surface area contributed by atoms with Crippen molar-refractivity contribution in [2.24, 2.45) is 5.73 Å². The number of pyridine rings is 1. The summed E-state index contributed by atoms with van der Waals surface area (Å²) >= 11 is 0. The number of ether oxygens (including phenoxy) is 2. The maximum Gasteiger partial charge on any atom is 0.179 e. The number of aromatic nitrogens is 1. The number of para-hydroxylation sites is 1. The first-order chi connectivity index (χ1) is 13.1. The third kappa shape index (κ3) is 4.31. The van der Waals surface area contributed by atoms with E-state index in [1.807, 2.05) is 48.7 Å². The Labute approximate surface area is 160 Å². The van der Waals surface area contributed by atoms with Crippen LogP contribution in [0.5, 0.6) is 17.2 Å². The molecule has 1 heterocycles. The summed E-state index contributed by atoms with van der Waals surface area (Å²) in [5.74, 6) is 2.12. The van der Waals surface area contributed by atoms with Gasteiger partial charge in [0, 0.05) is 18.3 Å². The SMILES string of the molecule is COc1cc(NC(C)CCCN)c2nccc(C)c2c1Oc1ccccc1. The van der Waals surface area contributed by atoms with E-state index in [2.05, 4.69) is 24.1 Å². The first kappa shape index (κ1) is 19.0. The van der Waals surface area contributed by atoms with Crippen LogP contribution in [0.25, 0.3) is 10.9 Å². The van der Waals surface area contributed by atoms with Crippen molar-refractivity contribution >= 4 is 16.6 Å². The van der Waals surface area contributed by atoms with Gasteiger partial charge in [0.2, 0.25) is 0 Å². The van der Waals surface area contributed by atoms with E-state index in [0.29, 0.717) is 18.0 Å². The lowest BCUT2D eigenvalue weighted by molar-refractivity contribution is 0.381. The summed E-state index contributed by atoms with van der Waals surface area (Å²) in [7, 11) is 1.66. The molecule has 3 rings (SSSR count). The highest BCUT2D eigenvalue weighted by atomic mass is 16.5. The molecule has 0 saturated heterocycles. The minimum absolute atomic E-state index is 0.282. The quantitative estimate of drug-likeness (QED) is 0.595. The summed E-state index contributed by atoms with van der Waals surface area (Å²) < 4.78 is 11.9. The zero-order valence-electron chi connectivity index (χ0n) is 16.2. The number of anilines is 1. The third-order valence-electron chi connectivity index (χ3n) is 4.57. The molecule has 0 spiro atoms. The van der Waals surface area contributed by atoms with Gasteiger partial charge in [-0.3, -0.25) is 4.98 Å². The fourth-order valence-corrected chi connectivity index (χ4v) is 3.17. The lowest BCUT2D eigenvalue weighted by Gasteiger charge is -2.20. The molecule has 142 valence electrons. The lowest BCUT2D eigenvalue weighted by Crippen LogP contribution is -2.17. The van der Waals surface area contributed by atoms with Gasteiger partial charge in [0.05, 0.1) is 23.7 Å². The maximum atomic E-state index is 6.21. The largest absolute Gasteiger partial charge is 0.493 e. The first-order valence-electron chi connectivity index (χ1n) is 9.29. The molecule has 0 fully saturated rings.